The van der Waals surface area contributed by atoms with E-state index < -0.39 is 12.1 Å². The lowest BCUT2D eigenvalue weighted by Gasteiger charge is -2.33. The largest absolute Gasteiger partial charge is 0.481 e. The monoisotopic (exact) mass is 275 g/mol. The normalized spacial score (nSPS) is 17.2. The van der Waals surface area contributed by atoms with Crippen LogP contribution < -0.4 is 0 Å². The number of carbonyl (C=O) groups is 2. The van der Waals surface area contributed by atoms with Gasteiger partial charge >= 0.3 is 12.1 Å². The lowest BCUT2D eigenvalue weighted by molar-refractivity contribution is -0.137. The first-order valence-electron chi connectivity index (χ1n) is 6.44. The topological polar surface area (TPSA) is 66.8 Å². The Hall–Kier alpha value is -2.30. The Morgan fingerprint density at radius 1 is 1.45 bits per heavy atom. The molecule has 1 heterocycles. The molecule has 2 rings (SSSR count). The van der Waals surface area contributed by atoms with Crippen molar-refractivity contribution in [2.75, 3.05) is 13.2 Å². The average molecular weight is 275 g/mol. The van der Waals surface area contributed by atoms with Crippen molar-refractivity contribution < 1.29 is 19.4 Å². The Morgan fingerprint density at radius 3 is 2.90 bits per heavy atom. The number of aliphatic carboxylic acids is 1. The van der Waals surface area contributed by atoms with Crippen LogP contribution in [-0.4, -0.2) is 35.2 Å². The number of benzene rings is 1. The molecular formula is C15H17NO4. The van der Waals surface area contributed by atoms with E-state index in [2.05, 4.69) is 6.58 Å². The van der Waals surface area contributed by atoms with Crippen LogP contribution in [0.2, 0.25) is 0 Å². The summed E-state index contributed by atoms with van der Waals surface area (Å²) in [6.07, 6.45) is 1.07. The Labute approximate surface area is 117 Å². The fourth-order valence-corrected chi connectivity index (χ4v) is 2.46. The molecule has 5 nitrogen and oxygen atoms in total. The maximum absolute atomic E-state index is 11.9. The van der Waals surface area contributed by atoms with Crippen molar-refractivity contribution in [2.24, 2.45) is 0 Å². The van der Waals surface area contributed by atoms with Gasteiger partial charge in [-0.15, -0.1) is 0 Å². The Balaban J connectivity index is 2.19. The summed E-state index contributed by atoms with van der Waals surface area (Å²) < 4.78 is 5.02. The maximum atomic E-state index is 11.9. The molecule has 0 bridgehead atoms. The van der Waals surface area contributed by atoms with Gasteiger partial charge in [0.1, 0.15) is 6.61 Å². The molecule has 0 saturated carbocycles. The van der Waals surface area contributed by atoms with E-state index >= 15 is 0 Å². The Kier molecular flexibility index (Phi) is 4.40. The first-order valence-corrected chi connectivity index (χ1v) is 6.44. The van der Waals surface area contributed by atoms with Gasteiger partial charge < -0.3 is 14.7 Å². The second-order valence-electron chi connectivity index (χ2n) is 4.74. The van der Waals surface area contributed by atoms with Crippen LogP contribution in [0.1, 0.15) is 23.5 Å². The molecule has 1 unspecified atom stereocenters. The van der Waals surface area contributed by atoms with Gasteiger partial charge in [-0.25, -0.2) is 4.79 Å². The number of hydrogen-bond acceptors (Lipinski definition) is 3. The molecule has 1 amide bonds. The highest BCUT2D eigenvalue weighted by Crippen LogP contribution is 2.30. The number of ether oxygens (including phenoxy) is 1. The van der Waals surface area contributed by atoms with Crippen LogP contribution in [0, 0.1) is 0 Å². The summed E-state index contributed by atoms with van der Waals surface area (Å²) in [5.41, 5.74) is 1.98. The molecule has 5 heteroatoms. The van der Waals surface area contributed by atoms with E-state index in [-0.39, 0.29) is 18.9 Å². The molecule has 0 saturated heterocycles. The van der Waals surface area contributed by atoms with E-state index in [1.54, 1.807) is 4.90 Å². The van der Waals surface area contributed by atoms with E-state index in [0.717, 1.165) is 11.1 Å². The van der Waals surface area contributed by atoms with Crippen molar-refractivity contribution in [3.63, 3.8) is 0 Å². The smallest absolute Gasteiger partial charge is 0.410 e. The summed E-state index contributed by atoms with van der Waals surface area (Å²) >= 11 is 0. The number of carboxylic acid groups (broad SMARTS) is 1. The average Bonchev–Trinajstić information content (AvgIpc) is 2.44. The molecule has 1 aliphatic heterocycles. The first kappa shape index (κ1) is 14.1. The minimum atomic E-state index is -0.869. The Bertz CT molecular complexity index is 526. The van der Waals surface area contributed by atoms with Gasteiger partial charge in [-0.1, -0.05) is 36.9 Å². The number of fused-ring (bicyclic) bond motifs is 1. The Morgan fingerprint density at radius 2 is 2.20 bits per heavy atom. The van der Waals surface area contributed by atoms with Crippen LogP contribution in [0.15, 0.2) is 36.9 Å². The van der Waals surface area contributed by atoms with Gasteiger partial charge in [-0.05, 0) is 11.1 Å². The minimum Gasteiger partial charge on any atom is -0.481 e. The molecule has 20 heavy (non-hydrogen) atoms. The third-order valence-corrected chi connectivity index (χ3v) is 3.30. The molecule has 0 radical (unpaired) electrons. The fraction of sp³-hybridized carbons (Fsp3) is 0.333. The number of nitrogens with zero attached hydrogens (tertiary/aromatic N) is 1. The van der Waals surface area contributed by atoms with Gasteiger partial charge in [0.05, 0.1) is 6.42 Å². The zero-order chi connectivity index (χ0) is 14.5. The quantitative estimate of drug-likeness (QED) is 0.857. The first-order chi connectivity index (χ1) is 9.61. The molecule has 0 aromatic heterocycles. The highest BCUT2D eigenvalue weighted by molar-refractivity contribution is 5.71. The van der Waals surface area contributed by atoms with E-state index in [9.17, 15) is 9.59 Å². The maximum Gasteiger partial charge on any atom is 0.410 e. The van der Waals surface area contributed by atoms with Gasteiger partial charge in [0, 0.05) is 19.0 Å². The van der Waals surface area contributed by atoms with Crippen molar-refractivity contribution in [1.29, 1.82) is 0 Å². The van der Waals surface area contributed by atoms with Crippen molar-refractivity contribution in [3.8, 4) is 0 Å². The molecular weight excluding hydrogens is 258 g/mol. The van der Waals surface area contributed by atoms with Gasteiger partial charge in [-0.3, -0.25) is 4.79 Å². The number of carbonyl (C=O) groups excluding carboxylic acids is 1. The molecule has 0 spiro atoms. The molecule has 1 aromatic rings. The number of carboxylic acids is 1. The van der Waals surface area contributed by atoms with Crippen molar-refractivity contribution in [1.82, 2.24) is 4.90 Å². The van der Waals surface area contributed by atoms with Gasteiger partial charge in [0.25, 0.3) is 0 Å². The molecule has 0 fully saturated rings. The fourth-order valence-electron chi connectivity index (χ4n) is 2.46. The lowest BCUT2D eigenvalue weighted by atomic mass is 9.88. The molecule has 0 aliphatic carbocycles. The lowest BCUT2D eigenvalue weighted by Crippen LogP contribution is -2.39. The van der Waals surface area contributed by atoms with Crippen LogP contribution in [0.3, 0.4) is 0 Å². The zero-order valence-corrected chi connectivity index (χ0v) is 11.1. The predicted octanol–water partition coefficient (Wildman–Crippen LogP) is 2.38. The zero-order valence-electron chi connectivity index (χ0n) is 11.1. The summed E-state index contributed by atoms with van der Waals surface area (Å²) in [5.74, 6) is -1.07. The summed E-state index contributed by atoms with van der Waals surface area (Å²) in [7, 11) is 0. The summed E-state index contributed by atoms with van der Waals surface area (Å²) in [6.45, 7) is 4.46. The highest BCUT2D eigenvalue weighted by Gasteiger charge is 2.29. The van der Waals surface area contributed by atoms with Crippen LogP contribution in [0.25, 0.3) is 0 Å². The second-order valence-corrected chi connectivity index (χ2v) is 4.74. The highest BCUT2D eigenvalue weighted by atomic mass is 16.6. The van der Waals surface area contributed by atoms with Gasteiger partial charge in [-0.2, -0.15) is 0 Å². The van der Waals surface area contributed by atoms with Crippen molar-refractivity contribution in [3.05, 3.63) is 48.0 Å². The summed E-state index contributed by atoms with van der Waals surface area (Å²) in [5, 5.41) is 9.01. The summed E-state index contributed by atoms with van der Waals surface area (Å²) in [6, 6.07) is 7.61. The van der Waals surface area contributed by atoms with E-state index in [0.29, 0.717) is 13.1 Å². The summed E-state index contributed by atoms with van der Waals surface area (Å²) in [4.78, 5) is 24.4. The third kappa shape index (κ3) is 3.17. The molecule has 1 N–H and O–H groups in total. The number of amides is 1. The minimum absolute atomic E-state index is 0.00223. The molecule has 1 atom stereocenters. The van der Waals surface area contributed by atoms with Crippen LogP contribution in [-0.2, 0) is 16.1 Å². The number of rotatable bonds is 4. The molecule has 106 valence electrons. The second kappa shape index (κ2) is 6.23. The standard InChI is InChI=1S/C15H17NO4/c1-2-7-20-15(19)16-9-11-5-3-4-6-13(11)12(10-16)8-14(17)18/h2-6,12H,1,7-10H2,(H,17,18). The van der Waals surface area contributed by atoms with Crippen molar-refractivity contribution >= 4 is 12.1 Å². The van der Waals surface area contributed by atoms with Gasteiger partial charge in [0.2, 0.25) is 0 Å². The van der Waals surface area contributed by atoms with Crippen LogP contribution in [0.4, 0.5) is 4.79 Å². The van der Waals surface area contributed by atoms with Crippen LogP contribution in [0.5, 0.6) is 0 Å². The van der Waals surface area contributed by atoms with Crippen molar-refractivity contribution in [2.45, 2.75) is 18.9 Å². The third-order valence-electron chi connectivity index (χ3n) is 3.30. The van der Waals surface area contributed by atoms with E-state index in [1.165, 1.54) is 6.08 Å². The molecule has 1 aromatic carbocycles. The van der Waals surface area contributed by atoms with Crippen LogP contribution >= 0.6 is 0 Å². The number of hydrogen-bond donors (Lipinski definition) is 1. The molecule has 1 aliphatic rings. The van der Waals surface area contributed by atoms with E-state index in [4.69, 9.17) is 9.84 Å². The van der Waals surface area contributed by atoms with Gasteiger partial charge in [0.15, 0.2) is 0 Å². The van der Waals surface area contributed by atoms with E-state index in [1.807, 2.05) is 24.3 Å². The predicted molar refractivity (Wildman–Crippen MR) is 73.4 cm³/mol. The SMILES string of the molecule is C=CCOC(=O)N1Cc2ccccc2C(CC(=O)O)C1.